The van der Waals surface area contributed by atoms with Crippen LogP contribution in [0.15, 0.2) is 48.5 Å². The van der Waals surface area contributed by atoms with E-state index in [2.05, 4.69) is 5.32 Å². The molecular formula is C19H18N2O5S. The second kappa shape index (κ2) is 8.96. The molecule has 0 aliphatic carbocycles. The number of amides is 1. The molecule has 2 aromatic rings. The van der Waals surface area contributed by atoms with Gasteiger partial charge in [0.2, 0.25) is 0 Å². The van der Waals surface area contributed by atoms with Crippen LogP contribution in [0.2, 0.25) is 0 Å². The number of carbonyl (C=O) groups excluding carboxylic acids is 2. The molecule has 140 valence electrons. The van der Waals surface area contributed by atoms with Crippen LogP contribution in [0.1, 0.15) is 21.5 Å². The lowest BCUT2D eigenvalue weighted by molar-refractivity contribution is -0.119. The van der Waals surface area contributed by atoms with Gasteiger partial charge in [-0.2, -0.15) is 5.26 Å². The van der Waals surface area contributed by atoms with Crippen LogP contribution in [0.4, 0.5) is 5.69 Å². The second-order valence-electron chi connectivity index (χ2n) is 5.92. The van der Waals surface area contributed by atoms with Gasteiger partial charge in [-0.15, -0.1) is 0 Å². The van der Waals surface area contributed by atoms with Crippen molar-refractivity contribution in [2.45, 2.75) is 12.2 Å². The Hall–Kier alpha value is -3.18. The number of esters is 1. The Morgan fingerprint density at radius 3 is 2.19 bits per heavy atom. The summed E-state index contributed by atoms with van der Waals surface area (Å²) in [4.78, 5) is 23.8. The van der Waals surface area contributed by atoms with E-state index in [1.54, 1.807) is 24.3 Å². The molecule has 0 fully saturated rings. The summed E-state index contributed by atoms with van der Waals surface area (Å²) in [5, 5.41) is 11.2. The van der Waals surface area contributed by atoms with Gasteiger partial charge in [-0.1, -0.05) is 24.3 Å². The Kier molecular flexibility index (Phi) is 6.68. The fraction of sp³-hybridized carbons (Fsp3) is 0.211. The zero-order valence-corrected chi connectivity index (χ0v) is 15.5. The summed E-state index contributed by atoms with van der Waals surface area (Å²) in [6.45, 7) is -0.454. The minimum atomic E-state index is -3.15. The van der Waals surface area contributed by atoms with Crippen molar-refractivity contribution >= 4 is 27.4 Å². The maximum Gasteiger partial charge on any atom is 0.338 e. The van der Waals surface area contributed by atoms with Gasteiger partial charge in [-0.25, -0.2) is 13.2 Å². The van der Waals surface area contributed by atoms with Crippen molar-refractivity contribution in [1.82, 2.24) is 0 Å². The predicted molar refractivity (Wildman–Crippen MR) is 99.7 cm³/mol. The number of sulfone groups is 1. The minimum Gasteiger partial charge on any atom is -0.452 e. The van der Waals surface area contributed by atoms with E-state index in [0.29, 0.717) is 11.3 Å². The first-order valence-electron chi connectivity index (χ1n) is 7.96. The fourth-order valence-electron chi connectivity index (χ4n) is 2.25. The molecule has 0 saturated heterocycles. The van der Waals surface area contributed by atoms with Crippen molar-refractivity contribution < 1.29 is 22.7 Å². The Labute approximate surface area is 157 Å². The summed E-state index contributed by atoms with van der Waals surface area (Å²) in [6.07, 6.45) is 1.42. The molecule has 0 aliphatic heterocycles. The first-order chi connectivity index (χ1) is 12.8. The molecule has 0 aliphatic rings. The lowest BCUT2D eigenvalue weighted by Gasteiger charge is -2.07. The number of ether oxygens (including phenoxy) is 1. The van der Waals surface area contributed by atoms with Gasteiger partial charge in [0, 0.05) is 11.9 Å². The first-order valence-corrected chi connectivity index (χ1v) is 10.0. The van der Waals surface area contributed by atoms with E-state index in [9.17, 15) is 18.0 Å². The molecule has 0 radical (unpaired) electrons. The lowest BCUT2D eigenvalue weighted by Crippen LogP contribution is -2.20. The van der Waals surface area contributed by atoms with E-state index < -0.39 is 28.3 Å². The van der Waals surface area contributed by atoms with Gasteiger partial charge >= 0.3 is 5.97 Å². The number of benzene rings is 2. The maximum atomic E-state index is 12.0. The molecule has 0 spiro atoms. The van der Waals surface area contributed by atoms with Gasteiger partial charge in [-0.3, -0.25) is 4.79 Å². The number of nitrogens with one attached hydrogen (secondary N) is 1. The number of anilines is 1. The highest BCUT2D eigenvalue weighted by Gasteiger charge is 2.11. The van der Waals surface area contributed by atoms with E-state index in [0.717, 1.165) is 11.8 Å². The molecule has 8 heteroatoms. The Balaban J connectivity index is 1.85. The fourth-order valence-corrected chi connectivity index (χ4v) is 3.05. The van der Waals surface area contributed by atoms with Gasteiger partial charge in [0.25, 0.3) is 5.91 Å². The average molecular weight is 386 g/mol. The zero-order valence-electron chi connectivity index (χ0n) is 14.6. The molecule has 0 bridgehead atoms. The molecule has 0 aromatic heterocycles. The Bertz CT molecular complexity index is 959. The predicted octanol–water partition coefficient (Wildman–Crippen LogP) is 2.09. The zero-order chi connectivity index (χ0) is 19.9. The largest absolute Gasteiger partial charge is 0.452 e. The smallest absolute Gasteiger partial charge is 0.338 e. The van der Waals surface area contributed by atoms with Crippen molar-refractivity contribution in [3.05, 3.63) is 65.2 Å². The molecule has 0 saturated carbocycles. The van der Waals surface area contributed by atoms with Crippen molar-refractivity contribution in [3.63, 3.8) is 0 Å². The number of carbonyl (C=O) groups is 2. The molecule has 0 heterocycles. The number of rotatable bonds is 7. The molecule has 2 aromatic carbocycles. The average Bonchev–Trinajstić information content (AvgIpc) is 2.61. The molecule has 27 heavy (non-hydrogen) atoms. The molecule has 7 nitrogen and oxygen atoms in total. The summed E-state index contributed by atoms with van der Waals surface area (Å²) in [6, 6.07) is 14.8. The van der Waals surface area contributed by atoms with Gasteiger partial charge < -0.3 is 10.1 Å². The number of nitrogens with zero attached hydrogens (tertiary/aromatic N) is 1. The van der Waals surface area contributed by atoms with Crippen LogP contribution in [0.5, 0.6) is 0 Å². The highest BCUT2D eigenvalue weighted by molar-refractivity contribution is 7.89. The second-order valence-corrected chi connectivity index (χ2v) is 8.06. The van der Waals surface area contributed by atoms with Gasteiger partial charge in [0.1, 0.15) is 0 Å². The van der Waals surface area contributed by atoms with E-state index in [-0.39, 0.29) is 17.7 Å². The molecule has 2 rings (SSSR count). The SMILES string of the molecule is CS(=O)(=O)Cc1ccc(C(=O)OCC(=O)Nc2ccc(CC#N)cc2)cc1. The van der Waals surface area contributed by atoms with E-state index in [1.807, 2.05) is 6.07 Å². The number of hydrogen-bond donors (Lipinski definition) is 1. The quantitative estimate of drug-likeness (QED) is 0.729. The van der Waals surface area contributed by atoms with Crippen molar-refractivity contribution in [2.24, 2.45) is 0 Å². The van der Waals surface area contributed by atoms with Crippen LogP contribution in [0, 0.1) is 11.3 Å². The Morgan fingerprint density at radius 1 is 1.04 bits per heavy atom. The number of hydrogen-bond acceptors (Lipinski definition) is 6. The molecule has 0 unspecified atom stereocenters. The van der Waals surface area contributed by atoms with Crippen LogP contribution in [-0.2, 0) is 31.5 Å². The van der Waals surface area contributed by atoms with Gasteiger partial charge in [-0.05, 0) is 35.4 Å². The third-order valence-corrected chi connectivity index (χ3v) is 4.33. The van der Waals surface area contributed by atoms with Crippen molar-refractivity contribution in [2.75, 3.05) is 18.2 Å². The van der Waals surface area contributed by atoms with Crippen LogP contribution in [0.3, 0.4) is 0 Å². The van der Waals surface area contributed by atoms with E-state index >= 15 is 0 Å². The van der Waals surface area contributed by atoms with Crippen molar-refractivity contribution in [3.8, 4) is 6.07 Å². The highest BCUT2D eigenvalue weighted by Crippen LogP contribution is 2.11. The monoisotopic (exact) mass is 386 g/mol. The summed E-state index contributed by atoms with van der Waals surface area (Å²) in [7, 11) is -3.15. The normalized spacial score (nSPS) is 10.7. The van der Waals surface area contributed by atoms with Crippen LogP contribution < -0.4 is 5.32 Å². The lowest BCUT2D eigenvalue weighted by atomic mass is 10.1. The number of nitriles is 1. The summed E-state index contributed by atoms with van der Waals surface area (Å²) < 4.78 is 27.4. The Morgan fingerprint density at radius 2 is 1.63 bits per heavy atom. The highest BCUT2D eigenvalue weighted by atomic mass is 32.2. The maximum absolute atomic E-state index is 12.0. The first kappa shape index (κ1) is 20.1. The molecule has 1 amide bonds. The van der Waals surface area contributed by atoms with Gasteiger partial charge in [0.15, 0.2) is 16.4 Å². The summed E-state index contributed by atoms with van der Waals surface area (Å²) in [5.41, 5.74) is 2.15. The topological polar surface area (TPSA) is 113 Å². The van der Waals surface area contributed by atoms with Crippen LogP contribution in [0.25, 0.3) is 0 Å². The standard InChI is InChI=1S/C19H18N2O5S/c1-27(24,25)13-15-2-6-16(7-3-15)19(23)26-12-18(22)21-17-8-4-14(5-9-17)10-11-20/h2-9H,10,12-13H2,1H3,(H,21,22). The van der Waals surface area contributed by atoms with E-state index in [1.165, 1.54) is 24.3 Å². The minimum absolute atomic E-state index is 0.113. The molecule has 1 N–H and O–H groups in total. The molecular weight excluding hydrogens is 368 g/mol. The third kappa shape index (κ3) is 6.92. The molecule has 0 atom stereocenters. The third-order valence-electron chi connectivity index (χ3n) is 3.47. The van der Waals surface area contributed by atoms with Crippen LogP contribution >= 0.6 is 0 Å². The van der Waals surface area contributed by atoms with Gasteiger partial charge in [0.05, 0.1) is 23.8 Å². The van der Waals surface area contributed by atoms with Crippen LogP contribution in [-0.4, -0.2) is 33.2 Å². The van der Waals surface area contributed by atoms with E-state index in [4.69, 9.17) is 10.00 Å². The van der Waals surface area contributed by atoms with Crippen molar-refractivity contribution in [1.29, 1.82) is 5.26 Å². The summed E-state index contributed by atoms with van der Waals surface area (Å²) in [5.74, 6) is -1.29. The summed E-state index contributed by atoms with van der Waals surface area (Å²) >= 11 is 0.